The average molecular weight is 160 g/mol. The maximum Gasteiger partial charge on any atom is 0.260 e. The van der Waals surface area contributed by atoms with Crippen LogP contribution in [0.25, 0.3) is 0 Å². The molecule has 0 aromatic heterocycles. The standard InChI is InChI=1S/C5H11F2N.ClH/c1-3-4(8)5(2,6)7;/h4H,3,8H2,1-2H3;1H. The maximum atomic E-state index is 12.0. The van der Waals surface area contributed by atoms with Crippen LogP contribution in [0.3, 0.4) is 0 Å². The Morgan fingerprint density at radius 3 is 1.89 bits per heavy atom. The molecule has 1 unspecified atom stereocenters. The van der Waals surface area contributed by atoms with Gasteiger partial charge in [-0.05, 0) is 6.42 Å². The summed E-state index contributed by atoms with van der Waals surface area (Å²) in [6.45, 7) is 2.48. The van der Waals surface area contributed by atoms with Crippen molar-refractivity contribution in [3.8, 4) is 0 Å². The zero-order valence-electron chi connectivity index (χ0n) is 5.53. The van der Waals surface area contributed by atoms with Crippen molar-refractivity contribution in [1.82, 2.24) is 0 Å². The minimum Gasteiger partial charge on any atom is -0.323 e. The molecule has 0 saturated carbocycles. The minimum absolute atomic E-state index is 0. The SMILES string of the molecule is CCC(N)C(C)(F)F.Cl. The molecule has 1 nitrogen and oxygen atoms in total. The number of hydrogen-bond donors (Lipinski definition) is 1. The van der Waals surface area contributed by atoms with Gasteiger partial charge in [-0.1, -0.05) is 6.92 Å². The van der Waals surface area contributed by atoms with Crippen molar-refractivity contribution in [3.63, 3.8) is 0 Å². The lowest BCUT2D eigenvalue weighted by atomic mass is 10.1. The summed E-state index contributed by atoms with van der Waals surface area (Å²) in [4.78, 5) is 0. The Hall–Kier alpha value is 0.110. The first-order chi connectivity index (χ1) is 3.48. The van der Waals surface area contributed by atoms with Crippen molar-refractivity contribution < 1.29 is 8.78 Å². The summed E-state index contributed by atoms with van der Waals surface area (Å²) in [6.07, 6.45) is 0.323. The molecule has 0 spiro atoms. The van der Waals surface area contributed by atoms with E-state index in [2.05, 4.69) is 0 Å². The van der Waals surface area contributed by atoms with Crippen LogP contribution in [0.2, 0.25) is 0 Å². The van der Waals surface area contributed by atoms with Crippen molar-refractivity contribution in [2.24, 2.45) is 5.73 Å². The van der Waals surface area contributed by atoms with Gasteiger partial charge < -0.3 is 5.73 Å². The molecule has 0 aliphatic heterocycles. The highest BCUT2D eigenvalue weighted by Crippen LogP contribution is 2.16. The summed E-state index contributed by atoms with van der Waals surface area (Å²) in [7, 11) is 0. The number of halogens is 3. The van der Waals surface area contributed by atoms with Gasteiger partial charge in [0.05, 0.1) is 6.04 Å². The number of nitrogens with two attached hydrogens (primary N) is 1. The second-order valence-electron chi connectivity index (χ2n) is 1.97. The number of rotatable bonds is 2. The highest BCUT2D eigenvalue weighted by atomic mass is 35.5. The molecule has 0 rings (SSSR count). The van der Waals surface area contributed by atoms with Crippen LogP contribution in [-0.2, 0) is 0 Å². The summed E-state index contributed by atoms with van der Waals surface area (Å²) in [5.74, 6) is -2.71. The smallest absolute Gasteiger partial charge is 0.260 e. The summed E-state index contributed by atoms with van der Waals surface area (Å²) in [5.41, 5.74) is 5.00. The van der Waals surface area contributed by atoms with E-state index in [4.69, 9.17) is 5.73 Å². The van der Waals surface area contributed by atoms with E-state index in [1.165, 1.54) is 0 Å². The topological polar surface area (TPSA) is 26.0 Å². The fourth-order valence-electron chi connectivity index (χ4n) is 0.358. The van der Waals surface area contributed by atoms with Gasteiger partial charge in [-0.25, -0.2) is 8.78 Å². The molecule has 58 valence electrons. The summed E-state index contributed by atoms with van der Waals surface area (Å²) in [6, 6.07) is -0.984. The molecule has 2 N–H and O–H groups in total. The van der Waals surface area contributed by atoms with E-state index in [1.54, 1.807) is 6.92 Å². The van der Waals surface area contributed by atoms with E-state index in [1.807, 2.05) is 0 Å². The quantitative estimate of drug-likeness (QED) is 0.654. The Balaban J connectivity index is 0. The van der Waals surface area contributed by atoms with E-state index in [0.29, 0.717) is 6.42 Å². The molecule has 0 amide bonds. The van der Waals surface area contributed by atoms with Crippen LogP contribution in [0.4, 0.5) is 8.78 Å². The molecule has 0 radical (unpaired) electrons. The second-order valence-corrected chi connectivity index (χ2v) is 1.97. The monoisotopic (exact) mass is 159 g/mol. The molecule has 0 saturated heterocycles. The Bertz CT molecular complexity index is 71.8. The van der Waals surface area contributed by atoms with E-state index >= 15 is 0 Å². The molecule has 0 aromatic carbocycles. The third-order valence-electron chi connectivity index (χ3n) is 1.09. The Labute approximate surface area is 60.0 Å². The third kappa shape index (κ3) is 4.60. The van der Waals surface area contributed by atoms with E-state index in [0.717, 1.165) is 6.92 Å². The lowest BCUT2D eigenvalue weighted by molar-refractivity contribution is -0.00631. The van der Waals surface area contributed by atoms with Crippen LogP contribution in [0.1, 0.15) is 20.3 Å². The average Bonchev–Trinajstić information content (AvgIpc) is 1.62. The summed E-state index contributed by atoms with van der Waals surface area (Å²) >= 11 is 0. The predicted octanol–water partition coefficient (Wildman–Crippen LogP) is 1.80. The van der Waals surface area contributed by atoms with E-state index in [9.17, 15) is 8.78 Å². The van der Waals surface area contributed by atoms with E-state index < -0.39 is 12.0 Å². The van der Waals surface area contributed by atoms with Crippen LogP contribution in [0.5, 0.6) is 0 Å². The van der Waals surface area contributed by atoms with Crippen LogP contribution < -0.4 is 5.73 Å². The van der Waals surface area contributed by atoms with Crippen LogP contribution in [0, 0.1) is 0 Å². The van der Waals surface area contributed by atoms with Gasteiger partial charge in [0.25, 0.3) is 5.92 Å². The first-order valence-corrected chi connectivity index (χ1v) is 2.62. The van der Waals surface area contributed by atoms with Gasteiger partial charge in [-0.3, -0.25) is 0 Å². The highest BCUT2D eigenvalue weighted by Gasteiger charge is 2.28. The largest absolute Gasteiger partial charge is 0.323 e. The fourth-order valence-corrected chi connectivity index (χ4v) is 0.358. The molecule has 9 heavy (non-hydrogen) atoms. The van der Waals surface area contributed by atoms with E-state index in [-0.39, 0.29) is 12.4 Å². The maximum absolute atomic E-state index is 12.0. The van der Waals surface area contributed by atoms with Crippen LogP contribution >= 0.6 is 12.4 Å². The Kier molecular flexibility index (Phi) is 5.28. The van der Waals surface area contributed by atoms with Crippen LogP contribution in [-0.4, -0.2) is 12.0 Å². The molecule has 1 atom stereocenters. The fraction of sp³-hybridized carbons (Fsp3) is 1.00. The van der Waals surface area contributed by atoms with Gasteiger partial charge in [0.15, 0.2) is 0 Å². The molecule has 0 aliphatic carbocycles. The predicted molar refractivity (Wildman–Crippen MR) is 36.1 cm³/mol. The molecule has 4 heteroatoms. The molecule has 0 aliphatic rings. The van der Waals surface area contributed by atoms with Gasteiger partial charge in [0, 0.05) is 6.92 Å². The lowest BCUT2D eigenvalue weighted by Gasteiger charge is -2.16. The number of alkyl halides is 2. The zero-order chi connectivity index (χ0) is 6.78. The van der Waals surface area contributed by atoms with Gasteiger partial charge >= 0.3 is 0 Å². The minimum atomic E-state index is -2.71. The zero-order valence-corrected chi connectivity index (χ0v) is 6.34. The highest BCUT2D eigenvalue weighted by molar-refractivity contribution is 5.85. The van der Waals surface area contributed by atoms with Crippen molar-refractivity contribution in [2.45, 2.75) is 32.2 Å². The number of hydrogen-bond acceptors (Lipinski definition) is 1. The van der Waals surface area contributed by atoms with Gasteiger partial charge in [-0.2, -0.15) is 0 Å². The van der Waals surface area contributed by atoms with Gasteiger partial charge in [-0.15, -0.1) is 12.4 Å². The van der Waals surface area contributed by atoms with Gasteiger partial charge in [0.2, 0.25) is 0 Å². The van der Waals surface area contributed by atoms with Crippen LogP contribution in [0.15, 0.2) is 0 Å². The molecule has 0 bridgehead atoms. The first kappa shape index (κ1) is 11.9. The molecule has 0 heterocycles. The van der Waals surface area contributed by atoms with Crippen molar-refractivity contribution >= 4 is 12.4 Å². The lowest BCUT2D eigenvalue weighted by Crippen LogP contribution is -2.37. The molecular weight excluding hydrogens is 148 g/mol. The van der Waals surface area contributed by atoms with Crippen molar-refractivity contribution in [3.05, 3.63) is 0 Å². The van der Waals surface area contributed by atoms with Gasteiger partial charge in [0.1, 0.15) is 0 Å². The molecule has 0 aromatic rings. The Morgan fingerprint density at radius 1 is 1.56 bits per heavy atom. The summed E-state index contributed by atoms with van der Waals surface area (Å²) in [5, 5.41) is 0. The third-order valence-corrected chi connectivity index (χ3v) is 1.09. The van der Waals surface area contributed by atoms with Crippen molar-refractivity contribution in [1.29, 1.82) is 0 Å². The first-order valence-electron chi connectivity index (χ1n) is 2.62. The molecular formula is C5H12ClF2N. The normalized spacial score (nSPS) is 14.3. The second kappa shape index (κ2) is 4.01. The molecule has 0 fully saturated rings. The Morgan fingerprint density at radius 2 is 1.89 bits per heavy atom. The summed E-state index contributed by atoms with van der Waals surface area (Å²) < 4.78 is 24.0. The van der Waals surface area contributed by atoms with Crippen molar-refractivity contribution in [2.75, 3.05) is 0 Å².